The number of carbonyl (C=O) groups excluding carboxylic acids is 1. The normalized spacial score (nSPS) is 13.7. The second kappa shape index (κ2) is 10.3. The van der Waals surface area contributed by atoms with Crippen LogP contribution in [0.5, 0.6) is 11.5 Å². The summed E-state index contributed by atoms with van der Waals surface area (Å²) in [5.41, 5.74) is 5.05. The van der Waals surface area contributed by atoms with Gasteiger partial charge in [0.05, 0.1) is 23.9 Å². The number of benzene rings is 2. The number of nitrogens with one attached hydrogen (secondary N) is 1. The number of ether oxygens (including phenoxy) is 2. The average molecular weight is 460 g/mol. The fourth-order valence-corrected chi connectivity index (χ4v) is 3.70. The van der Waals surface area contributed by atoms with Gasteiger partial charge in [-0.1, -0.05) is 0 Å². The maximum atomic E-state index is 12.4. The zero-order valence-electron chi connectivity index (χ0n) is 16.8. The van der Waals surface area contributed by atoms with E-state index >= 15 is 0 Å². The highest BCUT2D eigenvalue weighted by Crippen LogP contribution is 2.32. The number of carbonyl (C=O) groups is 1. The Bertz CT molecular complexity index is 862. The lowest BCUT2D eigenvalue weighted by molar-refractivity contribution is 0.0955. The third-order valence-electron chi connectivity index (χ3n) is 4.63. The lowest BCUT2D eigenvalue weighted by Gasteiger charge is -2.17. The van der Waals surface area contributed by atoms with E-state index in [1.807, 2.05) is 50.2 Å². The van der Waals surface area contributed by atoms with Crippen LogP contribution < -0.4 is 19.8 Å². The summed E-state index contributed by atoms with van der Waals surface area (Å²) in [5, 5.41) is 4.10. The zero-order valence-corrected chi connectivity index (χ0v) is 18.4. The summed E-state index contributed by atoms with van der Waals surface area (Å²) < 4.78 is 12.1. The van der Waals surface area contributed by atoms with Crippen molar-refractivity contribution in [1.29, 1.82) is 0 Å². The van der Waals surface area contributed by atoms with Crippen molar-refractivity contribution in [2.75, 3.05) is 31.2 Å². The van der Waals surface area contributed by atoms with E-state index in [4.69, 9.17) is 9.47 Å². The summed E-state index contributed by atoms with van der Waals surface area (Å²) in [6, 6.07) is 11.3. The zero-order chi connectivity index (χ0) is 20.6. The Morgan fingerprint density at radius 1 is 1.10 bits per heavy atom. The molecule has 1 heterocycles. The summed E-state index contributed by atoms with van der Waals surface area (Å²) in [7, 11) is 0. The highest BCUT2D eigenvalue weighted by atomic mass is 79.9. The van der Waals surface area contributed by atoms with Crippen LogP contribution in [-0.4, -0.2) is 38.4 Å². The molecule has 154 valence electrons. The van der Waals surface area contributed by atoms with E-state index in [9.17, 15) is 4.79 Å². The van der Waals surface area contributed by atoms with Gasteiger partial charge in [0.15, 0.2) is 0 Å². The molecule has 6 nitrogen and oxygen atoms in total. The number of hydrogen-bond acceptors (Lipinski definition) is 5. The van der Waals surface area contributed by atoms with Crippen LogP contribution >= 0.6 is 15.9 Å². The minimum Gasteiger partial charge on any atom is -0.493 e. The van der Waals surface area contributed by atoms with Gasteiger partial charge in [-0.15, -0.1) is 0 Å². The molecule has 1 amide bonds. The number of hydrazone groups is 1. The van der Waals surface area contributed by atoms with Crippen LogP contribution in [0.25, 0.3) is 0 Å². The van der Waals surface area contributed by atoms with E-state index in [-0.39, 0.29) is 5.91 Å². The quantitative estimate of drug-likeness (QED) is 0.462. The van der Waals surface area contributed by atoms with Gasteiger partial charge in [-0.05, 0) is 73.0 Å². The fourth-order valence-electron chi connectivity index (χ4n) is 3.22. The van der Waals surface area contributed by atoms with Crippen LogP contribution in [0.4, 0.5) is 5.69 Å². The first-order valence-corrected chi connectivity index (χ1v) is 10.7. The van der Waals surface area contributed by atoms with Crippen LogP contribution in [-0.2, 0) is 0 Å². The van der Waals surface area contributed by atoms with Crippen molar-refractivity contribution in [3.63, 3.8) is 0 Å². The van der Waals surface area contributed by atoms with Crippen LogP contribution in [0.15, 0.2) is 46.0 Å². The van der Waals surface area contributed by atoms with Gasteiger partial charge in [-0.3, -0.25) is 4.79 Å². The molecule has 0 bridgehead atoms. The standard InChI is InChI=1S/C22H26BrN3O3/c1-3-28-20-14-21(29-4-2)19(23)13-17(20)15-24-25-22(27)16-7-9-18(10-8-16)26-11-5-6-12-26/h7-10,13-15H,3-6,11-12H2,1-2H3,(H,25,27)/b24-15-. The summed E-state index contributed by atoms with van der Waals surface area (Å²) in [6.07, 6.45) is 4.02. The third-order valence-corrected chi connectivity index (χ3v) is 5.25. The van der Waals surface area contributed by atoms with E-state index in [0.717, 1.165) is 28.8 Å². The molecule has 1 aliphatic heterocycles. The van der Waals surface area contributed by atoms with Gasteiger partial charge in [-0.2, -0.15) is 5.10 Å². The molecule has 2 aromatic carbocycles. The van der Waals surface area contributed by atoms with E-state index in [0.29, 0.717) is 30.3 Å². The van der Waals surface area contributed by atoms with Gasteiger partial charge < -0.3 is 14.4 Å². The Morgan fingerprint density at radius 2 is 1.76 bits per heavy atom. The van der Waals surface area contributed by atoms with E-state index < -0.39 is 0 Å². The van der Waals surface area contributed by atoms with Crippen molar-refractivity contribution in [2.45, 2.75) is 26.7 Å². The number of halogens is 1. The van der Waals surface area contributed by atoms with Gasteiger partial charge >= 0.3 is 0 Å². The van der Waals surface area contributed by atoms with Gasteiger partial charge in [0.1, 0.15) is 11.5 Å². The van der Waals surface area contributed by atoms with Crippen molar-refractivity contribution in [3.8, 4) is 11.5 Å². The average Bonchev–Trinajstić information content (AvgIpc) is 3.26. The minimum absolute atomic E-state index is 0.253. The van der Waals surface area contributed by atoms with Gasteiger partial charge in [0.2, 0.25) is 0 Å². The molecule has 2 aromatic rings. The summed E-state index contributed by atoms with van der Waals surface area (Å²) in [4.78, 5) is 14.7. The molecule has 1 fully saturated rings. The molecule has 3 rings (SSSR count). The highest BCUT2D eigenvalue weighted by molar-refractivity contribution is 9.10. The molecule has 0 aliphatic carbocycles. The van der Waals surface area contributed by atoms with Crippen LogP contribution in [0.2, 0.25) is 0 Å². The predicted molar refractivity (Wildman–Crippen MR) is 119 cm³/mol. The predicted octanol–water partition coefficient (Wildman–Crippen LogP) is 4.61. The first kappa shape index (κ1) is 21.2. The molecular weight excluding hydrogens is 434 g/mol. The monoisotopic (exact) mass is 459 g/mol. The van der Waals surface area contributed by atoms with E-state index in [1.54, 1.807) is 6.21 Å². The van der Waals surface area contributed by atoms with Gasteiger partial charge in [-0.25, -0.2) is 5.43 Å². The molecule has 0 atom stereocenters. The van der Waals surface area contributed by atoms with Crippen LogP contribution in [0, 0.1) is 0 Å². The number of rotatable bonds is 8. The number of hydrogen-bond donors (Lipinski definition) is 1. The highest BCUT2D eigenvalue weighted by Gasteiger charge is 2.13. The van der Waals surface area contributed by atoms with Gasteiger partial charge in [0.25, 0.3) is 5.91 Å². The minimum atomic E-state index is -0.253. The number of anilines is 1. The van der Waals surface area contributed by atoms with Crippen LogP contribution in [0.1, 0.15) is 42.6 Å². The van der Waals surface area contributed by atoms with Crippen LogP contribution in [0.3, 0.4) is 0 Å². The number of amides is 1. The smallest absolute Gasteiger partial charge is 0.271 e. The molecular formula is C22H26BrN3O3. The number of nitrogens with zero attached hydrogens (tertiary/aromatic N) is 2. The second-order valence-corrected chi connectivity index (χ2v) is 7.48. The molecule has 1 N–H and O–H groups in total. The summed E-state index contributed by atoms with van der Waals surface area (Å²) in [6.45, 7) is 7.07. The molecule has 29 heavy (non-hydrogen) atoms. The maximum absolute atomic E-state index is 12.4. The Morgan fingerprint density at radius 3 is 2.41 bits per heavy atom. The van der Waals surface area contributed by atoms with E-state index in [1.165, 1.54) is 12.8 Å². The lowest BCUT2D eigenvalue weighted by atomic mass is 10.2. The summed E-state index contributed by atoms with van der Waals surface area (Å²) >= 11 is 3.49. The second-order valence-electron chi connectivity index (χ2n) is 6.63. The topological polar surface area (TPSA) is 63.2 Å². The molecule has 1 saturated heterocycles. The largest absolute Gasteiger partial charge is 0.493 e. The van der Waals surface area contributed by atoms with Crippen molar-refractivity contribution in [2.24, 2.45) is 5.10 Å². The Balaban J connectivity index is 1.66. The molecule has 0 aromatic heterocycles. The summed E-state index contributed by atoms with van der Waals surface area (Å²) in [5.74, 6) is 1.10. The maximum Gasteiger partial charge on any atom is 0.271 e. The first-order chi connectivity index (χ1) is 14.1. The van der Waals surface area contributed by atoms with Crippen molar-refractivity contribution in [1.82, 2.24) is 5.43 Å². The van der Waals surface area contributed by atoms with Crippen molar-refractivity contribution >= 4 is 33.7 Å². The fraction of sp³-hybridized carbons (Fsp3) is 0.364. The SMILES string of the molecule is CCOc1cc(OCC)c(/C=N\NC(=O)c2ccc(N3CCCC3)cc2)cc1Br. The molecule has 0 saturated carbocycles. The van der Waals surface area contributed by atoms with Gasteiger partial charge in [0, 0.05) is 36.0 Å². The lowest BCUT2D eigenvalue weighted by Crippen LogP contribution is -2.19. The molecule has 0 radical (unpaired) electrons. The van der Waals surface area contributed by atoms with Crippen molar-refractivity contribution in [3.05, 3.63) is 52.0 Å². The Hall–Kier alpha value is -2.54. The molecule has 7 heteroatoms. The molecule has 0 unspecified atom stereocenters. The Kier molecular flexibility index (Phi) is 7.52. The van der Waals surface area contributed by atoms with E-state index in [2.05, 4.69) is 31.4 Å². The first-order valence-electron chi connectivity index (χ1n) is 9.90. The molecule has 1 aliphatic rings. The third kappa shape index (κ3) is 5.50. The Labute approximate surface area is 180 Å². The molecule has 0 spiro atoms. The van der Waals surface area contributed by atoms with Crippen molar-refractivity contribution < 1.29 is 14.3 Å².